The van der Waals surface area contributed by atoms with E-state index in [-0.39, 0.29) is 16.8 Å². The normalized spacial score (nSPS) is 14.1. The van der Waals surface area contributed by atoms with Gasteiger partial charge in [-0.05, 0) is 73.2 Å². The molecule has 0 saturated carbocycles. The zero-order valence-corrected chi connectivity index (χ0v) is 20.7. The first kappa shape index (κ1) is 23.5. The van der Waals surface area contributed by atoms with E-state index in [9.17, 15) is 9.59 Å². The topological polar surface area (TPSA) is 49.9 Å². The van der Waals surface area contributed by atoms with Crippen molar-refractivity contribution in [3.8, 4) is 5.75 Å². The fourth-order valence-corrected chi connectivity index (χ4v) is 4.64. The first-order chi connectivity index (χ1) is 17.5. The number of thiocarbonyl (C=S) groups is 1. The highest BCUT2D eigenvalue weighted by molar-refractivity contribution is 7.81. The maximum atomic E-state index is 13.9. The summed E-state index contributed by atoms with van der Waals surface area (Å²) in [4.78, 5) is 30.6. The quantitative estimate of drug-likeness (QED) is 0.184. The zero-order valence-electron chi connectivity index (χ0n) is 19.9. The Morgan fingerprint density at radius 1 is 0.722 bits per heavy atom. The van der Waals surface area contributed by atoms with Gasteiger partial charge in [-0.15, -0.1) is 0 Å². The van der Waals surface area contributed by atoms with Gasteiger partial charge in [0.1, 0.15) is 11.3 Å². The smallest absolute Gasteiger partial charge is 0.270 e. The third kappa shape index (κ3) is 4.27. The molecule has 1 saturated heterocycles. The molecule has 4 aromatic carbocycles. The summed E-state index contributed by atoms with van der Waals surface area (Å²) in [5, 5.41) is 1.97. The van der Waals surface area contributed by atoms with Crippen molar-refractivity contribution >= 4 is 57.4 Å². The van der Waals surface area contributed by atoms with Crippen molar-refractivity contribution in [3.05, 3.63) is 108 Å². The van der Waals surface area contributed by atoms with Crippen LogP contribution < -0.4 is 14.5 Å². The van der Waals surface area contributed by atoms with Crippen LogP contribution in [-0.2, 0) is 9.59 Å². The van der Waals surface area contributed by atoms with Gasteiger partial charge in [-0.1, -0.05) is 66.7 Å². The molecule has 0 aromatic heterocycles. The largest absolute Gasteiger partial charge is 0.490 e. The average molecular weight is 493 g/mol. The number of carbonyl (C=O) groups is 2. The Hall–Kier alpha value is -4.29. The van der Waals surface area contributed by atoms with Crippen LogP contribution in [0.15, 0.2) is 103 Å². The molecule has 5 rings (SSSR count). The highest BCUT2D eigenvalue weighted by Gasteiger charge is 2.41. The average Bonchev–Trinajstić information content (AvgIpc) is 2.88. The van der Waals surface area contributed by atoms with Gasteiger partial charge in [0.05, 0.1) is 17.5 Å². The van der Waals surface area contributed by atoms with Crippen molar-refractivity contribution in [2.45, 2.75) is 20.0 Å². The van der Waals surface area contributed by atoms with Crippen LogP contribution in [0.5, 0.6) is 5.75 Å². The lowest BCUT2D eigenvalue weighted by Gasteiger charge is -2.36. The summed E-state index contributed by atoms with van der Waals surface area (Å²) in [6.45, 7) is 3.88. The van der Waals surface area contributed by atoms with Gasteiger partial charge >= 0.3 is 0 Å². The third-order valence-corrected chi connectivity index (χ3v) is 6.23. The third-order valence-electron chi connectivity index (χ3n) is 5.86. The lowest BCUT2D eigenvalue weighted by molar-refractivity contribution is -0.120. The van der Waals surface area contributed by atoms with Gasteiger partial charge in [0.25, 0.3) is 11.8 Å². The number of carbonyl (C=O) groups excluding carboxylic acids is 2. The Labute approximate surface area is 215 Å². The van der Waals surface area contributed by atoms with Gasteiger partial charge in [0.2, 0.25) is 0 Å². The second-order valence-corrected chi connectivity index (χ2v) is 9.02. The first-order valence-electron chi connectivity index (χ1n) is 11.7. The number of ether oxygens (including phenoxy) is 1. The molecule has 1 aliphatic heterocycles. The molecule has 0 radical (unpaired) electrons. The molecule has 4 aromatic rings. The highest BCUT2D eigenvalue weighted by Crippen LogP contribution is 2.34. The number of amides is 2. The fourth-order valence-electron chi connectivity index (χ4n) is 4.26. The molecular formula is C30H24N2O3S. The van der Waals surface area contributed by atoms with Crippen molar-refractivity contribution in [2.24, 2.45) is 0 Å². The molecule has 2 amide bonds. The Kier molecular flexibility index (Phi) is 6.36. The van der Waals surface area contributed by atoms with Gasteiger partial charge in [-0.2, -0.15) is 0 Å². The first-order valence-corrected chi connectivity index (χ1v) is 12.1. The molecule has 1 fully saturated rings. The number of hydrogen-bond donors (Lipinski definition) is 0. The molecule has 36 heavy (non-hydrogen) atoms. The number of fused-ring (bicyclic) bond motifs is 1. The van der Waals surface area contributed by atoms with Crippen LogP contribution in [-0.4, -0.2) is 23.0 Å². The molecule has 0 bridgehead atoms. The van der Waals surface area contributed by atoms with Crippen LogP contribution >= 0.6 is 12.2 Å². The maximum Gasteiger partial charge on any atom is 0.270 e. The van der Waals surface area contributed by atoms with Crippen LogP contribution in [0.25, 0.3) is 16.8 Å². The Morgan fingerprint density at radius 2 is 1.25 bits per heavy atom. The van der Waals surface area contributed by atoms with Crippen molar-refractivity contribution < 1.29 is 14.3 Å². The number of anilines is 2. The SMILES string of the molecule is CC(C)Oc1ccc2ccccc2c1C=C1C(=O)N(c2ccccc2)C(=S)N(c2ccccc2)C1=O. The Balaban J connectivity index is 1.74. The van der Waals surface area contributed by atoms with Crippen molar-refractivity contribution in [1.29, 1.82) is 0 Å². The molecule has 5 nitrogen and oxygen atoms in total. The molecular weight excluding hydrogens is 468 g/mol. The van der Waals surface area contributed by atoms with E-state index in [0.29, 0.717) is 22.7 Å². The molecule has 0 spiro atoms. The Bertz CT molecular complexity index is 1430. The predicted molar refractivity (Wildman–Crippen MR) is 148 cm³/mol. The lowest BCUT2D eigenvalue weighted by atomic mass is 9.99. The molecule has 0 aliphatic carbocycles. The molecule has 0 N–H and O–H groups in total. The second-order valence-electron chi connectivity index (χ2n) is 8.66. The molecule has 0 atom stereocenters. The molecule has 178 valence electrons. The van der Waals surface area contributed by atoms with E-state index in [0.717, 1.165) is 10.8 Å². The zero-order chi connectivity index (χ0) is 25.2. The van der Waals surface area contributed by atoms with Gasteiger partial charge in [-0.25, -0.2) is 0 Å². The molecule has 1 aliphatic rings. The summed E-state index contributed by atoms with van der Waals surface area (Å²) in [6, 6.07) is 29.9. The molecule has 0 unspecified atom stereocenters. The van der Waals surface area contributed by atoms with Crippen molar-refractivity contribution in [2.75, 3.05) is 9.80 Å². The molecule has 6 heteroatoms. The summed E-state index contributed by atoms with van der Waals surface area (Å²) in [5.41, 5.74) is 1.85. The lowest BCUT2D eigenvalue weighted by Crippen LogP contribution is -2.56. The summed E-state index contributed by atoms with van der Waals surface area (Å²) >= 11 is 5.70. The fraction of sp³-hybridized carbons (Fsp3) is 0.100. The second kappa shape index (κ2) is 9.76. The van der Waals surface area contributed by atoms with Gasteiger partial charge in [-0.3, -0.25) is 19.4 Å². The predicted octanol–water partition coefficient (Wildman–Crippen LogP) is 6.38. The van der Waals surface area contributed by atoms with Crippen LogP contribution in [0.3, 0.4) is 0 Å². The minimum atomic E-state index is -0.480. The van der Waals surface area contributed by atoms with E-state index in [4.69, 9.17) is 17.0 Å². The van der Waals surface area contributed by atoms with E-state index in [1.165, 1.54) is 9.80 Å². The summed E-state index contributed by atoms with van der Waals surface area (Å²) in [7, 11) is 0. The van der Waals surface area contributed by atoms with Gasteiger partial charge in [0.15, 0.2) is 5.11 Å². The summed E-state index contributed by atoms with van der Waals surface area (Å²) in [6.07, 6.45) is 1.55. The minimum Gasteiger partial charge on any atom is -0.490 e. The van der Waals surface area contributed by atoms with E-state index < -0.39 is 11.8 Å². The number of hydrogen-bond acceptors (Lipinski definition) is 4. The summed E-state index contributed by atoms with van der Waals surface area (Å²) < 4.78 is 6.09. The van der Waals surface area contributed by atoms with Crippen LogP contribution in [0.2, 0.25) is 0 Å². The number of rotatable bonds is 5. The van der Waals surface area contributed by atoms with Crippen LogP contribution in [0.1, 0.15) is 19.4 Å². The van der Waals surface area contributed by atoms with Crippen LogP contribution in [0.4, 0.5) is 11.4 Å². The maximum absolute atomic E-state index is 13.9. The molecule has 1 heterocycles. The highest BCUT2D eigenvalue weighted by atomic mass is 32.1. The van der Waals surface area contributed by atoms with Crippen molar-refractivity contribution in [3.63, 3.8) is 0 Å². The van der Waals surface area contributed by atoms with E-state index >= 15 is 0 Å². The van der Waals surface area contributed by atoms with E-state index in [2.05, 4.69) is 0 Å². The Morgan fingerprint density at radius 3 is 1.81 bits per heavy atom. The van der Waals surface area contributed by atoms with Crippen LogP contribution in [0, 0.1) is 0 Å². The van der Waals surface area contributed by atoms with E-state index in [1.54, 1.807) is 30.3 Å². The monoisotopic (exact) mass is 492 g/mol. The van der Waals surface area contributed by atoms with Gasteiger partial charge < -0.3 is 4.74 Å². The number of benzene rings is 4. The minimum absolute atomic E-state index is 0.00117. The summed E-state index contributed by atoms with van der Waals surface area (Å²) in [5.74, 6) is -0.360. The number of nitrogens with zero attached hydrogens (tertiary/aromatic N) is 2. The standard InChI is InChI=1S/C30H24N2O3S/c1-20(2)35-27-18-17-21-11-9-10-16-24(21)25(27)19-26-28(33)31(22-12-5-3-6-13-22)30(36)32(29(26)34)23-14-7-4-8-15-23/h3-20H,1-2H3. The van der Waals surface area contributed by atoms with Gasteiger partial charge in [0, 0.05) is 5.56 Å². The number of para-hydroxylation sites is 2. The van der Waals surface area contributed by atoms with Crippen molar-refractivity contribution in [1.82, 2.24) is 0 Å². The van der Waals surface area contributed by atoms with E-state index in [1.807, 2.05) is 86.6 Å².